The van der Waals surface area contributed by atoms with Gasteiger partial charge in [-0.25, -0.2) is 0 Å². The maximum atomic E-state index is 11.8. The Bertz CT molecular complexity index is 286. The van der Waals surface area contributed by atoms with Crippen LogP contribution in [0.4, 0.5) is 0 Å². The summed E-state index contributed by atoms with van der Waals surface area (Å²) in [5.41, 5.74) is 0. The van der Waals surface area contributed by atoms with Crippen LogP contribution in [0.1, 0.15) is 13.8 Å². The van der Waals surface area contributed by atoms with Crippen LogP contribution in [0.5, 0.6) is 0 Å². The summed E-state index contributed by atoms with van der Waals surface area (Å²) in [4.78, 5) is 26.6. The quantitative estimate of drug-likeness (QED) is 0.635. The molecule has 18 heavy (non-hydrogen) atoms. The molecule has 0 aromatic rings. The fraction of sp³-hybridized carbons (Fsp3) is 0.833. The van der Waals surface area contributed by atoms with Gasteiger partial charge in [0.25, 0.3) is 0 Å². The van der Waals surface area contributed by atoms with Crippen molar-refractivity contribution in [1.29, 1.82) is 0 Å². The highest BCUT2D eigenvalue weighted by molar-refractivity contribution is 5.77. The van der Waals surface area contributed by atoms with Gasteiger partial charge in [0, 0.05) is 26.2 Å². The number of nitrogens with zero attached hydrogens (tertiary/aromatic N) is 2. The molecule has 0 spiro atoms. The number of esters is 1. The van der Waals surface area contributed by atoms with Crippen LogP contribution in [0.15, 0.2) is 0 Å². The largest absolute Gasteiger partial charge is 0.468 e. The first-order chi connectivity index (χ1) is 8.52. The Labute approximate surface area is 108 Å². The second kappa shape index (κ2) is 7.33. The molecule has 0 radical (unpaired) electrons. The lowest BCUT2D eigenvalue weighted by molar-refractivity contribution is -0.143. The second-order valence-corrected chi connectivity index (χ2v) is 4.59. The average molecular weight is 258 g/mol. The first-order valence-electron chi connectivity index (χ1n) is 6.21. The van der Waals surface area contributed by atoms with Crippen molar-refractivity contribution in [3.05, 3.63) is 0 Å². The summed E-state index contributed by atoms with van der Waals surface area (Å²) in [7, 11) is 1.38. The summed E-state index contributed by atoms with van der Waals surface area (Å²) in [5.74, 6) is -0.223. The number of carbonyl (C=O) groups is 2. The van der Waals surface area contributed by atoms with E-state index in [9.17, 15) is 9.59 Å². The highest BCUT2D eigenvalue weighted by atomic mass is 16.5. The van der Waals surface area contributed by atoms with Crippen LogP contribution < -0.4 is 0 Å². The van der Waals surface area contributed by atoms with Gasteiger partial charge >= 0.3 is 5.97 Å². The predicted molar refractivity (Wildman–Crippen MR) is 66.1 cm³/mol. The van der Waals surface area contributed by atoms with E-state index in [-0.39, 0.29) is 24.6 Å². The maximum absolute atomic E-state index is 11.8. The Morgan fingerprint density at radius 1 is 1.17 bits per heavy atom. The number of rotatable bonds is 5. The Hall–Kier alpha value is -1.14. The molecular weight excluding hydrogens is 236 g/mol. The summed E-state index contributed by atoms with van der Waals surface area (Å²) >= 11 is 0. The van der Waals surface area contributed by atoms with Crippen molar-refractivity contribution in [3.63, 3.8) is 0 Å². The first kappa shape index (κ1) is 14.9. The summed E-state index contributed by atoms with van der Waals surface area (Å²) in [6, 6.07) is 0. The second-order valence-electron chi connectivity index (χ2n) is 4.59. The minimum atomic E-state index is -0.238. The van der Waals surface area contributed by atoms with E-state index in [2.05, 4.69) is 4.74 Å². The summed E-state index contributed by atoms with van der Waals surface area (Å²) < 4.78 is 9.90. The number of amides is 1. The molecule has 0 atom stereocenters. The zero-order chi connectivity index (χ0) is 13.5. The van der Waals surface area contributed by atoms with E-state index in [0.29, 0.717) is 32.7 Å². The molecule has 0 aromatic heterocycles. The van der Waals surface area contributed by atoms with Crippen LogP contribution in [-0.4, -0.2) is 74.2 Å². The first-order valence-corrected chi connectivity index (χ1v) is 6.21. The van der Waals surface area contributed by atoms with Gasteiger partial charge in [0.15, 0.2) is 0 Å². The fourth-order valence-corrected chi connectivity index (χ4v) is 1.73. The highest BCUT2D eigenvalue weighted by Crippen LogP contribution is 2.03. The molecule has 1 fully saturated rings. The highest BCUT2D eigenvalue weighted by Gasteiger charge is 2.22. The van der Waals surface area contributed by atoms with Gasteiger partial charge in [-0.05, 0) is 13.8 Å². The average Bonchev–Trinajstić information content (AvgIpc) is 2.36. The molecule has 1 aliphatic rings. The number of piperazine rings is 1. The van der Waals surface area contributed by atoms with Crippen LogP contribution in [-0.2, 0) is 19.1 Å². The minimum absolute atomic E-state index is 0.0152. The van der Waals surface area contributed by atoms with E-state index in [1.54, 1.807) is 4.90 Å². The molecule has 0 aromatic carbocycles. The van der Waals surface area contributed by atoms with Gasteiger partial charge in [0.1, 0.15) is 6.61 Å². The van der Waals surface area contributed by atoms with Crippen LogP contribution in [0.25, 0.3) is 0 Å². The molecule has 1 amide bonds. The molecule has 0 unspecified atom stereocenters. The van der Waals surface area contributed by atoms with E-state index >= 15 is 0 Å². The van der Waals surface area contributed by atoms with Gasteiger partial charge in [-0.2, -0.15) is 0 Å². The molecule has 1 rings (SSSR count). The lowest BCUT2D eigenvalue weighted by Crippen LogP contribution is -2.51. The lowest BCUT2D eigenvalue weighted by Gasteiger charge is -2.34. The molecule has 0 N–H and O–H groups in total. The summed E-state index contributed by atoms with van der Waals surface area (Å²) in [5, 5.41) is 0. The topological polar surface area (TPSA) is 59.1 Å². The van der Waals surface area contributed by atoms with Gasteiger partial charge in [-0.3, -0.25) is 14.5 Å². The third-order valence-electron chi connectivity index (χ3n) is 2.85. The Morgan fingerprint density at radius 2 is 1.78 bits per heavy atom. The van der Waals surface area contributed by atoms with Crippen LogP contribution in [0, 0.1) is 0 Å². The zero-order valence-corrected chi connectivity index (χ0v) is 11.3. The third-order valence-corrected chi connectivity index (χ3v) is 2.85. The number of hydrogen-bond donors (Lipinski definition) is 0. The standard InChI is InChI=1S/C12H22N2O4/c1-10(2)18-9-11(15)14-6-4-13(5-7-14)8-12(16)17-3/h10H,4-9H2,1-3H3. The lowest BCUT2D eigenvalue weighted by atomic mass is 10.3. The van der Waals surface area contributed by atoms with E-state index < -0.39 is 0 Å². The molecule has 6 nitrogen and oxygen atoms in total. The number of ether oxygens (including phenoxy) is 2. The zero-order valence-electron chi connectivity index (χ0n) is 11.3. The smallest absolute Gasteiger partial charge is 0.319 e. The van der Waals surface area contributed by atoms with Gasteiger partial charge in [0.2, 0.25) is 5.91 Å². The van der Waals surface area contributed by atoms with Crippen molar-refractivity contribution in [2.45, 2.75) is 20.0 Å². The SMILES string of the molecule is COC(=O)CN1CCN(C(=O)COC(C)C)CC1. The number of carbonyl (C=O) groups excluding carboxylic acids is 2. The van der Waals surface area contributed by atoms with Crippen LogP contribution in [0.2, 0.25) is 0 Å². The van der Waals surface area contributed by atoms with Crippen LogP contribution >= 0.6 is 0 Å². The van der Waals surface area contributed by atoms with Gasteiger partial charge in [0.05, 0.1) is 19.8 Å². The van der Waals surface area contributed by atoms with E-state index in [1.807, 2.05) is 18.7 Å². The van der Waals surface area contributed by atoms with Crippen molar-refractivity contribution in [3.8, 4) is 0 Å². The van der Waals surface area contributed by atoms with Gasteiger partial charge in [-0.1, -0.05) is 0 Å². The van der Waals surface area contributed by atoms with Crippen molar-refractivity contribution >= 4 is 11.9 Å². The Balaban J connectivity index is 2.26. The third kappa shape index (κ3) is 5.01. The van der Waals surface area contributed by atoms with Crippen molar-refractivity contribution in [2.75, 3.05) is 46.4 Å². The molecule has 1 saturated heterocycles. The van der Waals surface area contributed by atoms with E-state index in [0.717, 1.165) is 0 Å². The Morgan fingerprint density at radius 3 is 2.28 bits per heavy atom. The molecule has 6 heteroatoms. The van der Waals surface area contributed by atoms with E-state index in [4.69, 9.17) is 4.74 Å². The Kier molecular flexibility index (Phi) is 6.07. The van der Waals surface area contributed by atoms with Crippen LogP contribution in [0.3, 0.4) is 0 Å². The number of methoxy groups -OCH3 is 1. The maximum Gasteiger partial charge on any atom is 0.319 e. The minimum Gasteiger partial charge on any atom is -0.468 e. The van der Waals surface area contributed by atoms with Gasteiger partial charge < -0.3 is 14.4 Å². The van der Waals surface area contributed by atoms with Crippen molar-refractivity contribution < 1.29 is 19.1 Å². The summed E-state index contributed by atoms with van der Waals surface area (Å²) in [6.07, 6.45) is 0.0644. The van der Waals surface area contributed by atoms with Crippen molar-refractivity contribution in [2.24, 2.45) is 0 Å². The summed E-state index contributed by atoms with van der Waals surface area (Å²) in [6.45, 7) is 6.90. The number of hydrogen-bond acceptors (Lipinski definition) is 5. The molecule has 0 bridgehead atoms. The van der Waals surface area contributed by atoms with Crippen molar-refractivity contribution in [1.82, 2.24) is 9.80 Å². The molecular formula is C12H22N2O4. The monoisotopic (exact) mass is 258 g/mol. The molecule has 104 valence electrons. The molecule has 1 aliphatic heterocycles. The fourth-order valence-electron chi connectivity index (χ4n) is 1.73. The predicted octanol–water partition coefficient (Wildman–Crippen LogP) is -0.271. The normalized spacial score (nSPS) is 17.0. The van der Waals surface area contributed by atoms with E-state index in [1.165, 1.54) is 7.11 Å². The molecule has 0 aliphatic carbocycles. The van der Waals surface area contributed by atoms with Gasteiger partial charge in [-0.15, -0.1) is 0 Å². The molecule has 1 heterocycles. The molecule has 0 saturated carbocycles.